The molecule has 3 nitrogen and oxygen atoms in total. The normalized spacial score (nSPS) is 22.7. The number of benzene rings is 2. The molecule has 0 radical (unpaired) electrons. The standard InChI is InChI=1S/C22H24F2N2O/c1-2-25-12-11-18-8-9-19(14-25)26(18)22(27)20-10-5-16(13-21(20)24)15-3-6-17(23)7-4-15/h3-7,10,13,18-19H,2,8-9,11-12,14H2,1H3. The molecule has 2 aliphatic heterocycles. The lowest BCUT2D eigenvalue weighted by molar-refractivity contribution is 0.0666. The second-order valence-corrected chi connectivity index (χ2v) is 7.48. The second-order valence-electron chi connectivity index (χ2n) is 7.48. The molecule has 0 aromatic heterocycles. The third-order valence-corrected chi connectivity index (χ3v) is 5.93. The van der Waals surface area contributed by atoms with Crippen LogP contribution in [0.5, 0.6) is 0 Å². The van der Waals surface area contributed by atoms with Crippen LogP contribution < -0.4 is 0 Å². The molecule has 4 rings (SSSR count). The molecule has 2 unspecified atom stereocenters. The molecule has 2 atom stereocenters. The Bertz CT molecular complexity index is 837. The van der Waals surface area contributed by atoms with E-state index in [0.717, 1.165) is 44.5 Å². The van der Waals surface area contributed by atoms with Crippen molar-refractivity contribution in [3.05, 3.63) is 59.7 Å². The second kappa shape index (κ2) is 7.39. The first-order valence-electron chi connectivity index (χ1n) is 9.67. The van der Waals surface area contributed by atoms with Crippen molar-refractivity contribution in [1.82, 2.24) is 9.80 Å². The Morgan fingerprint density at radius 2 is 1.70 bits per heavy atom. The zero-order chi connectivity index (χ0) is 19.0. The monoisotopic (exact) mass is 370 g/mol. The summed E-state index contributed by atoms with van der Waals surface area (Å²) in [4.78, 5) is 17.4. The fraction of sp³-hybridized carbons (Fsp3) is 0.409. The van der Waals surface area contributed by atoms with Crippen LogP contribution in [0.1, 0.15) is 36.5 Å². The predicted octanol–water partition coefficient (Wildman–Crippen LogP) is 4.33. The smallest absolute Gasteiger partial charge is 0.257 e. The topological polar surface area (TPSA) is 23.6 Å². The van der Waals surface area contributed by atoms with E-state index in [0.29, 0.717) is 5.56 Å². The van der Waals surface area contributed by atoms with Gasteiger partial charge < -0.3 is 9.80 Å². The van der Waals surface area contributed by atoms with E-state index in [1.807, 2.05) is 4.90 Å². The average molecular weight is 370 g/mol. The number of likely N-dealkylation sites (tertiary alicyclic amines) is 1. The molecule has 5 heteroatoms. The van der Waals surface area contributed by atoms with Gasteiger partial charge in [-0.15, -0.1) is 0 Å². The molecular formula is C22H24F2N2O. The van der Waals surface area contributed by atoms with Gasteiger partial charge in [-0.2, -0.15) is 0 Å². The Kier molecular flexibility index (Phi) is 4.96. The van der Waals surface area contributed by atoms with Crippen LogP contribution in [0.2, 0.25) is 0 Å². The van der Waals surface area contributed by atoms with E-state index in [4.69, 9.17) is 0 Å². The summed E-state index contributed by atoms with van der Waals surface area (Å²) in [6.45, 7) is 4.98. The van der Waals surface area contributed by atoms with Crippen molar-refractivity contribution < 1.29 is 13.6 Å². The van der Waals surface area contributed by atoms with Crippen LogP contribution in [0.3, 0.4) is 0 Å². The molecule has 2 saturated heterocycles. The fourth-order valence-corrected chi connectivity index (χ4v) is 4.41. The van der Waals surface area contributed by atoms with Gasteiger partial charge in [-0.1, -0.05) is 25.1 Å². The number of hydrogen-bond donors (Lipinski definition) is 0. The van der Waals surface area contributed by atoms with Gasteiger partial charge in [-0.25, -0.2) is 8.78 Å². The summed E-state index contributed by atoms with van der Waals surface area (Å²) in [6, 6.07) is 11.0. The number of halogens is 2. The molecule has 142 valence electrons. The number of rotatable bonds is 3. The molecule has 2 aromatic carbocycles. The molecule has 27 heavy (non-hydrogen) atoms. The van der Waals surface area contributed by atoms with Gasteiger partial charge in [0, 0.05) is 25.2 Å². The van der Waals surface area contributed by atoms with E-state index in [2.05, 4.69) is 11.8 Å². The van der Waals surface area contributed by atoms with Crippen molar-refractivity contribution in [2.24, 2.45) is 0 Å². The van der Waals surface area contributed by atoms with Gasteiger partial charge in [-0.05, 0) is 61.2 Å². The van der Waals surface area contributed by atoms with Crippen LogP contribution in [0.25, 0.3) is 11.1 Å². The molecule has 0 aliphatic carbocycles. The SMILES string of the molecule is CCN1CCC2CCC(C1)N2C(=O)c1ccc(-c2ccc(F)cc2)cc1F. The predicted molar refractivity (Wildman–Crippen MR) is 102 cm³/mol. The minimum absolute atomic E-state index is 0.128. The highest BCUT2D eigenvalue weighted by Gasteiger charge is 2.40. The minimum atomic E-state index is -0.516. The molecule has 0 saturated carbocycles. The molecule has 2 heterocycles. The van der Waals surface area contributed by atoms with Gasteiger partial charge in [0.1, 0.15) is 11.6 Å². The summed E-state index contributed by atoms with van der Waals surface area (Å²) >= 11 is 0. The van der Waals surface area contributed by atoms with Gasteiger partial charge in [0.15, 0.2) is 0 Å². The van der Waals surface area contributed by atoms with Crippen molar-refractivity contribution in [1.29, 1.82) is 0 Å². The Hall–Kier alpha value is -2.27. The molecular weight excluding hydrogens is 346 g/mol. The van der Waals surface area contributed by atoms with E-state index in [9.17, 15) is 13.6 Å². The highest BCUT2D eigenvalue weighted by molar-refractivity contribution is 5.95. The Balaban J connectivity index is 1.59. The number of fused-ring (bicyclic) bond motifs is 2. The van der Waals surface area contributed by atoms with Crippen molar-refractivity contribution in [2.45, 2.75) is 38.3 Å². The van der Waals surface area contributed by atoms with Crippen molar-refractivity contribution in [2.75, 3.05) is 19.6 Å². The summed E-state index contributed by atoms with van der Waals surface area (Å²) in [5, 5.41) is 0. The summed E-state index contributed by atoms with van der Waals surface area (Å²) in [5.41, 5.74) is 1.49. The summed E-state index contributed by atoms with van der Waals surface area (Å²) in [6.07, 6.45) is 2.94. The number of amides is 1. The first-order chi connectivity index (χ1) is 13.1. The first-order valence-corrected chi connectivity index (χ1v) is 9.67. The summed E-state index contributed by atoms with van der Waals surface area (Å²) < 4.78 is 27.9. The number of hydrogen-bond acceptors (Lipinski definition) is 2. The van der Waals surface area contributed by atoms with Crippen LogP contribution in [-0.2, 0) is 0 Å². The van der Waals surface area contributed by atoms with Crippen LogP contribution in [-0.4, -0.2) is 47.4 Å². The zero-order valence-corrected chi connectivity index (χ0v) is 15.5. The molecule has 2 aliphatic rings. The van der Waals surface area contributed by atoms with Crippen LogP contribution in [0, 0.1) is 11.6 Å². The number of carbonyl (C=O) groups is 1. The fourth-order valence-electron chi connectivity index (χ4n) is 4.41. The number of nitrogens with zero attached hydrogens (tertiary/aromatic N) is 2. The molecule has 0 N–H and O–H groups in total. The maximum absolute atomic E-state index is 14.8. The third kappa shape index (κ3) is 3.48. The lowest BCUT2D eigenvalue weighted by Crippen LogP contribution is -2.43. The number of carbonyl (C=O) groups excluding carboxylic acids is 1. The molecule has 2 aromatic rings. The Morgan fingerprint density at radius 1 is 1.00 bits per heavy atom. The van der Waals surface area contributed by atoms with E-state index in [1.54, 1.807) is 24.3 Å². The maximum Gasteiger partial charge on any atom is 0.257 e. The van der Waals surface area contributed by atoms with Crippen molar-refractivity contribution in [3.63, 3.8) is 0 Å². The van der Waals surface area contributed by atoms with Gasteiger partial charge in [0.05, 0.1) is 5.56 Å². The zero-order valence-electron chi connectivity index (χ0n) is 15.5. The molecule has 0 spiro atoms. The van der Waals surface area contributed by atoms with Gasteiger partial charge >= 0.3 is 0 Å². The Morgan fingerprint density at radius 3 is 2.41 bits per heavy atom. The maximum atomic E-state index is 14.8. The first kappa shape index (κ1) is 18.1. The average Bonchev–Trinajstić information content (AvgIpc) is 2.96. The Labute approximate surface area is 158 Å². The minimum Gasteiger partial charge on any atom is -0.331 e. The van der Waals surface area contributed by atoms with Crippen LogP contribution in [0.15, 0.2) is 42.5 Å². The van der Waals surface area contributed by atoms with Crippen molar-refractivity contribution >= 4 is 5.91 Å². The van der Waals surface area contributed by atoms with E-state index >= 15 is 0 Å². The van der Waals surface area contributed by atoms with Gasteiger partial charge in [0.2, 0.25) is 0 Å². The summed E-state index contributed by atoms with van der Waals surface area (Å²) in [7, 11) is 0. The quantitative estimate of drug-likeness (QED) is 0.803. The van der Waals surface area contributed by atoms with Crippen molar-refractivity contribution in [3.8, 4) is 11.1 Å². The van der Waals surface area contributed by atoms with Crippen LogP contribution >= 0.6 is 0 Å². The lowest BCUT2D eigenvalue weighted by atomic mass is 10.0. The largest absolute Gasteiger partial charge is 0.331 e. The highest BCUT2D eigenvalue weighted by Crippen LogP contribution is 2.32. The lowest BCUT2D eigenvalue weighted by Gasteiger charge is -2.29. The molecule has 1 amide bonds. The van der Waals surface area contributed by atoms with E-state index in [-0.39, 0.29) is 29.4 Å². The van der Waals surface area contributed by atoms with Gasteiger partial charge in [0.25, 0.3) is 5.91 Å². The van der Waals surface area contributed by atoms with Crippen LogP contribution in [0.4, 0.5) is 8.78 Å². The third-order valence-electron chi connectivity index (χ3n) is 5.93. The van der Waals surface area contributed by atoms with Gasteiger partial charge in [-0.3, -0.25) is 4.79 Å². The highest BCUT2D eigenvalue weighted by atomic mass is 19.1. The van der Waals surface area contributed by atoms with E-state index in [1.165, 1.54) is 18.2 Å². The van der Waals surface area contributed by atoms with E-state index < -0.39 is 5.82 Å². The molecule has 2 fully saturated rings. The molecule has 2 bridgehead atoms. The summed E-state index contributed by atoms with van der Waals surface area (Å²) in [5.74, 6) is -1.05. The number of likely N-dealkylation sites (N-methyl/N-ethyl adjacent to an activating group) is 1.